The second kappa shape index (κ2) is 9.15. The van der Waals surface area contributed by atoms with E-state index < -0.39 is 5.56 Å². The van der Waals surface area contributed by atoms with Crippen molar-refractivity contribution in [2.24, 2.45) is 0 Å². The van der Waals surface area contributed by atoms with Gasteiger partial charge in [0.15, 0.2) is 11.0 Å². The summed E-state index contributed by atoms with van der Waals surface area (Å²) in [5.74, 6) is 0.0663. The van der Waals surface area contributed by atoms with Crippen LogP contribution in [0.2, 0.25) is 0 Å². The molecule has 0 unspecified atom stereocenters. The second-order valence-electron chi connectivity index (χ2n) is 6.45. The standard InChI is InChI=1S/C21H15N7O3S/c22-9-15-18(12-5-7-13(29)8-6-12)25-21(26-20(15)31)32-10-17(30)27-28-19-14-3-1-2-4-16(14)23-11-24-19/h1-8,11,29H,10H2,(H,27,30)(H,23,24,28)(H,25,26,31). The van der Waals surface area contributed by atoms with E-state index in [4.69, 9.17) is 0 Å². The molecule has 2 aromatic heterocycles. The van der Waals surface area contributed by atoms with Gasteiger partial charge in [0.1, 0.15) is 23.7 Å². The lowest BCUT2D eigenvalue weighted by Crippen LogP contribution is -2.31. The number of amides is 1. The number of fused-ring (bicyclic) bond motifs is 1. The van der Waals surface area contributed by atoms with Gasteiger partial charge in [0.05, 0.1) is 17.0 Å². The van der Waals surface area contributed by atoms with Crippen LogP contribution in [0.5, 0.6) is 5.75 Å². The molecular formula is C21H15N7O3S. The van der Waals surface area contributed by atoms with Crippen molar-refractivity contribution in [3.8, 4) is 23.1 Å². The number of nitrogens with one attached hydrogen (secondary N) is 3. The number of hydrazine groups is 1. The highest BCUT2D eigenvalue weighted by molar-refractivity contribution is 7.99. The Morgan fingerprint density at radius 2 is 1.94 bits per heavy atom. The van der Waals surface area contributed by atoms with Crippen LogP contribution in [0.1, 0.15) is 5.56 Å². The number of anilines is 1. The molecule has 4 rings (SSSR count). The van der Waals surface area contributed by atoms with Gasteiger partial charge >= 0.3 is 0 Å². The maximum atomic E-state index is 12.3. The molecule has 2 heterocycles. The number of aromatic amines is 1. The van der Waals surface area contributed by atoms with Crippen LogP contribution in [-0.4, -0.2) is 36.7 Å². The number of nitrogens with zero attached hydrogens (tertiary/aromatic N) is 4. The molecule has 4 N–H and O–H groups in total. The van der Waals surface area contributed by atoms with Crippen molar-refractivity contribution in [3.63, 3.8) is 0 Å². The van der Waals surface area contributed by atoms with E-state index in [-0.39, 0.29) is 33.8 Å². The molecule has 0 aliphatic rings. The molecule has 32 heavy (non-hydrogen) atoms. The molecule has 0 radical (unpaired) electrons. The number of nitriles is 1. The topological polar surface area (TPSA) is 157 Å². The van der Waals surface area contributed by atoms with Crippen LogP contribution in [0.15, 0.2) is 64.8 Å². The molecule has 0 saturated carbocycles. The summed E-state index contributed by atoms with van der Waals surface area (Å²) in [6.45, 7) is 0. The van der Waals surface area contributed by atoms with Gasteiger partial charge in [0.2, 0.25) is 5.91 Å². The number of para-hydroxylation sites is 1. The highest BCUT2D eigenvalue weighted by atomic mass is 32.2. The molecule has 4 aromatic rings. The normalized spacial score (nSPS) is 10.5. The third-order valence-corrected chi connectivity index (χ3v) is 5.23. The van der Waals surface area contributed by atoms with Crippen molar-refractivity contribution < 1.29 is 9.90 Å². The zero-order chi connectivity index (χ0) is 22.5. The van der Waals surface area contributed by atoms with E-state index in [1.165, 1.54) is 18.5 Å². The summed E-state index contributed by atoms with van der Waals surface area (Å²) in [4.78, 5) is 39.7. The Kier molecular flexibility index (Phi) is 5.96. The molecule has 10 nitrogen and oxygen atoms in total. The third-order valence-electron chi connectivity index (χ3n) is 4.35. The minimum Gasteiger partial charge on any atom is -0.508 e. The molecule has 2 aromatic carbocycles. The van der Waals surface area contributed by atoms with E-state index in [1.807, 2.05) is 30.3 Å². The smallest absolute Gasteiger partial charge is 0.270 e. The average Bonchev–Trinajstić information content (AvgIpc) is 2.81. The Morgan fingerprint density at radius 3 is 2.72 bits per heavy atom. The van der Waals surface area contributed by atoms with Crippen molar-refractivity contribution in [2.45, 2.75) is 5.16 Å². The summed E-state index contributed by atoms with van der Waals surface area (Å²) in [7, 11) is 0. The number of H-pyrrole nitrogens is 1. The first-order valence-corrected chi connectivity index (χ1v) is 10.2. The molecule has 0 bridgehead atoms. The summed E-state index contributed by atoms with van der Waals surface area (Å²) < 4.78 is 0. The van der Waals surface area contributed by atoms with E-state index >= 15 is 0 Å². The zero-order valence-corrected chi connectivity index (χ0v) is 17.2. The molecule has 11 heteroatoms. The van der Waals surface area contributed by atoms with Gasteiger partial charge in [-0.1, -0.05) is 23.9 Å². The molecular weight excluding hydrogens is 430 g/mol. The van der Waals surface area contributed by atoms with Crippen LogP contribution < -0.4 is 16.4 Å². The second-order valence-corrected chi connectivity index (χ2v) is 7.42. The Bertz CT molecular complexity index is 1390. The number of hydrogen-bond acceptors (Lipinski definition) is 9. The number of benzene rings is 2. The van der Waals surface area contributed by atoms with Gasteiger partial charge in [-0.3, -0.25) is 20.4 Å². The van der Waals surface area contributed by atoms with Crippen LogP contribution >= 0.6 is 11.8 Å². The van der Waals surface area contributed by atoms with Crippen LogP contribution in [0.25, 0.3) is 22.2 Å². The number of phenols is 1. The van der Waals surface area contributed by atoms with Crippen molar-refractivity contribution in [2.75, 3.05) is 11.2 Å². The number of hydrogen-bond donors (Lipinski definition) is 4. The van der Waals surface area contributed by atoms with E-state index in [0.29, 0.717) is 11.4 Å². The fourth-order valence-corrected chi connectivity index (χ4v) is 3.52. The average molecular weight is 445 g/mol. The van der Waals surface area contributed by atoms with Gasteiger partial charge in [-0.25, -0.2) is 15.0 Å². The maximum absolute atomic E-state index is 12.3. The summed E-state index contributed by atoms with van der Waals surface area (Å²) in [6, 6.07) is 15.2. The quantitative estimate of drug-likeness (QED) is 0.198. The number of carbonyl (C=O) groups is 1. The SMILES string of the molecule is N#Cc1c(-c2ccc(O)cc2)nc(SCC(=O)NNc2ncnc3ccccc23)[nH]c1=O. The maximum Gasteiger partial charge on any atom is 0.270 e. The fourth-order valence-electron chi connectivity index (χ4n) is 2.86. The minimum atomic E-state index is -0.612. The van der Waals surface area contributed by atoms with Gasteiger partial charge in [-0.15, -0.1) is 0 Å². The Hall–Kier alpha value is -4.43. The van der Waals surface area contributed by atoms with Crippen LogP contribution in [-0.2, 0) is 4.79 Å². The molecule has 0 atom stereocenters. The predicted octanol–water partition coefficient (Wildman–Crippen LogP) is 2.19. The lowest BCUT2D eigenvalue weighted by atomic mass is 10.1. The fraction of sp³-hybridized carbons (Fsp3) is 0.0476. The molecule has 0 saturated heterocycles. The first-order chi connectivity index (χ1) is 15.5. The Balaban J connectivity index is 1.46. The first kappa shape index (κ1) is 20.8. The number of rotatable bonds is 6. The van der Waals surface area contributed by atoms with E-state index in [0.717, 1.165) is 22.7 Å². The van der Waals surface area contributed by atoms with Crippen LogP contribution in [0, 0.1) is 11.3 Å². The third kappa shape index (κ3) is 4.50. The van der Waals surface area contributed by atoms with Gasteiger partial charge in [-0.05, 0) is 36.4 Å². The van der Waals surface area contributed by atoms with Gasteiger partial charge in [-0.2, -0.15) is 5.26 Å². The van der Waals surface area contributed by atoms with Crippen molar-refractivity contribution >= 4 is 34.4 Å². The molecule has 1 amide bonds. The molecule has 0 aliphatic carbocycles. The monoisotopic (exact) mass is 445 g/mol. The summed E-state index contributed by atoms with van der Waals surface area (Å²) in [5, 5.41) is 19.7. The van der Waals surface area contributed by atoms with Gasteiger partial charge < -0.3 is 10.1 Å². The largest absolute Gasteiger partial charge is 0.508 e. The molecule has 0 aliphatic heterocycles. The zero-order valence-electron chi connectivity index (χ0n) is 16.4. The summed E-state index contributed by atoms with van der Waals surface area (Å²) >= 11 is 1.00. The molecule has 0 spiro atoms. The summed E-state index contributed by atoms with van der Waals surface area (Å²) in [6.07, 6.45) is 1.39. The number of carbonyl (C=O) groups excluding carboxylic acids is 1. The highest BCUT2D eigenvalue weighted by Gasteiger charge is 2.15. The number of aromatic nitrogens is 4. The van der Waals surface area contributed by atoms with Crippen molar-refractivity contribution in [3.05, 3.63) is 70.8 Å². The molecule has 158 valence electrons. The minimum absolute atomic E-state index is 0.0485. The number of aromatic hydroxyl groups is 1. The van der Waals surface area contributed by atoms with Crippen molar-refractivity contribution in [1.82, 2.24) is 25.4 Å². The number of thioether (sulfide) groups is 1. The molecule has 0 fully saturated rings. The van der Waals surface area contributed by atoms with Crippen LogP contribution in [0.3, 0.4) is 0 Å². The lowest BCUT2D eigenvalue weighted by molar-refractivity contribution is -0.118. The lowest BCUT2D eigenvalue weighted by Gasteiger charge is -2.10. The van der Waals surface area contributed by atoms with Crippen molar-refractivity contribution in [1.29, 1.82) is 5.26 Å². The van der Waals surface area contributed by atoms with E-state index in [2.05, 4.69) is 30.8 Å². The Labute approximate surface area is 185 Å². The summed E-state index contributed by atoms with van der Waals surface area (Å²) in [5.41, 5.74) is 5.96. The Morgan fingerprint density at radius 1 is 1.16 bits per heavy atom. The number of phenolic OH excluding ortho intramolecular Hbond substituents is 1. The van der Waals surface area contributed by atoms with E-state index in [9.17, 15) is 20.0 Å². The van der Waals surface area contributed by atoms with E-state index in [1.54, 1.807) is 12.1 Å². The predicted molar refractivity (Wildman–Crippen MR) is 119 cm³/mol. The highest BCUT2D eigenvalue weighted by Crippen LogP contribution is 2.24. The first-order valence-electron chi connectivity index (χ1n) is 9.26. The van der Waals surface area contributed by atoms with Gasteiger partial charge in [0.25, 0.3) is 5.56 Å². The van der Waals surface area contributed by atoms with Gasteiger partial charge in [0, 0.05) is 10.9 Å². The van der Waals surface area contributed by atoms with Crippen LogP contribution in [0.4, 0.5) is 5.82 Å².